The normalized spacial score (nSPS) is 11.9. The number of nitrogens with one attached hydrogen (secondary N) is 2. The molecular formula is C41H50N4O7. The molecule has 0 radical (unpaired) electrons. The number of phenols is 1. The van der Waals surface area contributed by atoms with Crippen LogP contribution in [0.25, 0.3) is 21.9 Å². The summed E-state index contributed by atoms with van der Waals surface area (Å²) >= 11 is 0. The van der Waals surface area contributed by atoms with Crippen LogP contribution in [0.3, 0.4) is 0 Å². The van der Waals surface area contributed by atoms with Gasteiger partial charge in [0.05, 0.1) is 26.1 Å². The largest absolute Gasteiger partial charge is 0.507 e. The number of fused-ring (bicyclic) bond motifs is 1. The first-order valence-electron chi connectivity index (χ1n) is 17.5. The maximum Gasteiger partial charge on any atom is 0.416 e. The highest BCUT2D eigenvalue weighted by Gasteiger charge is 2.25. The van der Waals surface area contributed by atoms with Crippen molar-refractivity contribution >= 4 is 40.5 Å². The van der Waals surface area contributed by atoms with Crippen molar-refractivity contribution in [1.82, 2.24) is 15.6 Å². The molecular weight excluding hydrogens is 660 g/mol. The third kappa shape index (κ3) is 11.0. The van der Waals surface area contributed by atoms with E-state index in [9.17, 15) is 24.3 Å². The van der Waals surface area contributed by atoms with Gasteiger partial charge >= 0.3 is 12.1 Å². The maximum atomic E-state index is 13.2. The molecule has 4 aromatic rings. The van der Waals surface area contributed by atoms with Crippen molar-refractivity contribution in [3.8, 4) is 16.9 Å². The minimum atomic E-state index is -0.720. The molecule has 3 amide bonds. The average molecular weight is 711 g/mol. The van der Waals surface area contributed by atoms with Gasteiger partial charge in [-0.1, -0.05) is 68.4 Å². The van der Waals surface area contributed by atoms with Crippen molar-refractivity contribution in [3.05, 3.63) is 89.6 Å². The number of esters is 1. The number of aromatic nitrogens is 1. The van der Waals surface area contributed by atoms with E-state index in [1.807, 2.05) is 61.5 Å². The van der Waals surface area contributed by atoms with Crippen LogP contribution < -0.4 is 15.5 Å². The summed E-state index contributed by atoms with van der Waals surface area (Å²) in [7, 11) is 1.28. The molecule has 0 unspecified atom stereocenters. The molecule has 0 saturated heterocycles. The van der Waals surface area contributed by atoms with E-state index in [0.717, 1.165) is 39.4 Å². The molecule has 0 aliphatic rings. The number of benzene rings is 3. The van der Waals surface area contributed by atoms with Gasteiger partial charge in [-0.3, -0.25) is 19.3 Å². The fourth-order valence-electron chi connectivity index (χ4n) is 5.84. The van der Waals surface area contributed by atoms with Crippen LogP contribution in [0.4, 0.5) is 10.6 Å². The van der Waals surface area contributed by atoms with Gasteiger partial charge in [0.2, 0.25) is 11.8 Å². The molecule has 1 atom stereocenters. The molecule has 3 N–H and O–H groups in total. The predicted octanol–water partition coefficient (Wildman–Crippen LogP) is 7.17. The van der Waals surface area contributed by atoms with E-state index in [2.05, 4.69) is 29.5 Å². The Morgan fingerprint density at radius 1 is 0.942 bits per heavy atom. The van der Waals surface area contributed by atoms with Gasteiger partial charge in [0.1, 0.15) is 17.2 Å². The fraction of sp³-hybridized carbons (Fsp3) is 0.390. The number of phenolic OH excluding ortho intramolecular Hbond substituents is 1. The van der Waals surface area contributed by atoms with Crippen molar-refractivity contribution < 1.29 is 33.8 Å². The minimum Gasteiger partial charge on any atom is -0.507 e. The number of carbonyl (C=O) groups is 4. The standard InChI is InChI=1S/C41H50N4O7/c1-26(2)21-30-24-42-36(22-27(30)3)45(40(50)52-41(4,5)6)20-10-15-37(47)43-25-38(48)44-34(23-39(49)51-7)29-18-16-28(17-19-29)31-11-8-13-33-32(31)12-9-14-35(33)46/h8-9,11-14,16-19,22,24,26,34,46H,10,15,20-21,23,25H2,1-7H3,(H,43,47)(H,44,48)/t34-/m0/s1. The Bertz CT molecular complexity index is 1880. The van der Waals surface area contributed by atoms with Crippen LogP contribution in [-0.4, -0.2) is 59.8 Å². The number of aryl methyl sites for hydroxylation is 1. The zero-order valence-corrected chi connectivity index (χ0v) is 31.1. The summed E-state index contributed by atoms with van der Waals surface area (Å²) < 4.78 is 10.5. The molecule has 1 heterocycles. The molecule has 0 spiro atoms. The van der Waals surface area contributed by atoms with Crippen molar-refractivity contribution in [2.45, 2.75) is 78.9 Å². The van der Waals surface area contributed by atoms with Crippen molar-refractivity contribution in [2.24, 2.45) is 5.92 Å². The summed E-state index contributed by atoms with van der Waals surface area (Å²) in [6.07, 6.45) is 2.34. The molecule has 1 aromatic heterocycles. The highest BCUT2D eigenvalue weighted by atomic mass is 16.6. The van der Waals surface area contributed by atoms with Gasteiger partial charge < -0.3 is 25.2 Å². The fourth-order valence-corrected chi connectivity index (χ4v) is 5.84. The molecule has 52 heavy (non-hydrogen) atoms. The number of rotatable bonds is 14. The third-order valence-electron chi connectivity index (χ3n) is 8.41. The van der Waals surface area contributed by atoms with Gasteiger partial charge in [-0.25, -0.2) is 9.78 Å². The van der Waals surface area contributed by atoms with E-state index in [4.69, 9.17) is 9.47 Å². The molecule has 0 aliphatic heterocycles. The Hall–Kier alpha value is -5.45. The lowest BCUT2D eigenvalue weighted by molar-refractivity contribution is -0.141. The molecule has 0 bridgehead atoms. The zero-order chi connectivity index (χ0) is 38.0. The van der Waals surface area contributed by atoms with E-state index < -0.39 is 29.6 Å². The molecule has 3 aromatic carbocycles. The van der Waals surface area contributed by atoms with Crippen molar-refractivity contribution in [1.29, 1.82) is 0 Å². The summed E-state index contributed by atoms with van der Waals surface area (Å²) in [6, 6.07) is 19.7. The number of aromatic hydroxyl groups is 1. The summed E-state index contributed by atoms with van der Waals surface area (Å²) in [5.41, 5.74) is 3.91. The summed E-state index contributed by atoms with van der Waals surface area (Å²) in [4.78, 5) is 57.2. The average Bonchev–Trinajstić information content (AvgIpc) is 3.09. The van der Waals surface area contributed by atoms with Crippen LogP contribution >= 0.6 is 0 Å². The number of nitrogens with zero attached hydrogens (tertiary/aromatic N) is 2. The number of amides is 3. The van der Waals surface area contributed by atoms with Gasteiger partial charge in [0.25, 0.3) is 0 Å². The molecule has 0 fully saturated rings. The number of carbonyl (C=O) groups excluding carboxylic acids is 4. The first-order valence-corrected chi connectivity index (χ1v) is 17.5. The Morgan fingerprint density at radius 2 is 1.63 bits per heavy atom. The molecule has 11 nitrogen and oxygen atoms in total. The number of pyridine rings is 1. The lowest BCUT2D eigenvalue weighted by Gasteiger charge is -2.27. The van der Waals surface area contributed by atoms with Crippen LogP contribution in [-0.2, 0) is 30.3 Å². The third-order valence-corrected chi connectivity index (χ3v) is 8.41. The van der Waals surface area contributed by atoms with Crippen molar-refractivity contribution in [3.63, 3.8) is 0 Å². The van der Waals surface area contributed by atoms with Crippen molar-refractivity contribution in [2.75, 3.05) is 25.1 Å². The van der Waals surface area contributed by atoms with Gasteiger partial charge in [-0.2, -0.15) is 0 Å². The monoisotopic (exact) mass is 710 g/mol. The van der Waals surface area contributed by atoms with E-state index in [1.165, 1.54) is 12.0 Å². The Labute approximate surface area is 305 Å². The van der Waals surface area contributed by atoms with Crippen LogP contribution in [0, 0.1) is 12.8 Å². The number of hydrogen-bond acceptors (Lipinski definition) is 8. The lowest BCUT2D eigenvalue weighted by atomic mass is 9.95. The molecule has 276 valence electrons. The zero-order valence-electron chi connectivity index (χ0n) is 31.1. The van der Waals surface area contributed by atoms with E-state index in [0.29, 0.717) is 23.7 Å². The number of anilines is 1. The van der Waals surface area contributed by atoms with E-state index >= 15 is 0 Å². The van der Waals surface area contributed by atoms with Gasteiger partial charge in [0.15, 0.2) is 0 Å². The molecule has 4 rings (SSSR count). The Balaban J connectivity index is 1.37. The van der Waals surface area contributed by atoms with Gasteiger partial charge in [0, 0.05) is 24.5 Å². The topological polar surface area (TPSA) is 147 Å². The number of methoxy groups -OCH3 is 1. The SMILES string of the molecule is COC(=O)C[C@H](NC(=O)CNC(=O)CCCN(C(=O)OC(C)(C)C)c1cc(C)c(CC(C)C)cn1)c1ccc(-c2cccc3c(O)cccc23)cc1. The van der Waals surface area contributed by atoms with Crippen LogP contribution in [0.1, 0.15) is 76.6 Å². The first-order chi connectivity index (χ1) is 24.6. The van der Waals surface area contributed by atoms with Gasteiger partial charge in [-0.15, -0.1) is 0 Å². The lowest BCUT2D eigenvalue weighted by Crippen LogP contribution is -2.40. The minimum absolute atomic E-state index is 0.0516. The van der Waals surface area contributed by atoms with Crippen LogP contribution in [0.15, 0.2) is 72.9 Å². The summed E-state index contributed by atoms with van der Waals surface area (Å²) in [5, 5.41) is 17.4. The highest BCUT2D eigenvalue weighted by Crippen LogP contribution is 2.33. The Kier molecular flexibility index (Phi) is 13.4. The second-order valence-electron chi connectivity index (χ2n) is 14.3. The second-order valence-corrected chi connectivity index (χ2v) is 14.3. The quantitative estimate of drug-likeness (QED) is 0.117. The highest BCUT2D eigenvalue weighted by molar-refractivity contribution is 5.99. The van der Waals surface area contributed by atoms with E-state index in [-0.39, 0.29) is 37.6 Å². The smallest absolute Gasteiger partial charge is 0.416 e. The van der Waals surface area contributed by atoms with E-state index in [1.54, 1.807) is 39.1 Å². The first kappa shape index (κ1) is 39.3. The Morgan fingerprint density at radius 3 is 2.29 bits per heavy atom. The summed E-state index contributed by atoms with van der Waals surface area (Å²) in [6.45, 7) is 11.5. The molecule has 0 aliphatic carbocycles. The summed E-state index contributed by atoms with van der Waals surface area (Å²) in [5.74, 6) is -0.255. The predicted molar refractivity (Wildman–Crippen MR) is 202 cm³/mol. The number of ether oxygens (including phenoxy) is 2. The van der Waals surface area contributed by atoms with Crippen LogP contribution in [0.2, 0.25) is 0 Å². The second kappa shape index (κ2) is 17.7. The molecule has 0 saturated carbocycles. The van der Waals surface area contributed by atoms with Gasteiger partial charge in [-0.05, 0) is 91.8 Å². The van der Waals surface area contributed by atoms with Crippen LogP contribution in [0.5, 0.6) is 5.75 Å². The molecule has 11 heteroatoms. The maximum absolute atomic E-state index is 13.2. The number of hydrogen-bond donors (Lipinski definition) is 3.